The van der Waals surface area contributed by atoms with Crippen LogP contribution < -0.4 is 9.46 Å². The van der Waals surface area contributed by atoms with Crippen molar-refractivity contribution in [3.05, 3.63) is 95.1 Å². The highest BCUT2D eigenvalue weighted by Crippen LogP contribution is 2.37. The van der Waals surface area contributed by atoms with Crippen molar-refractivity contribution in [2.45, 2.75) is 38.4 Å². The number of pyridine rings is 1. The molecule has 1 fully saturated rings. The number of carbonyl (C=O) groups is 1. The van der Waals surface area contributed by atoms with Gasteiger partial charge in [0, 0.05) is 17.4 Å². The lowest BCUT2D eigenvalue weighted by Gasteiger charge is -2.16. The van der Waals surface area contributed by atoms with Gasteiger partial charge in [-0.25, -0.2) is 18.1 Å². The van der Waals surface area contributed by atoms with Crippen molar-refractivity contribution in [1.29, 1.82) is 0 Å². The summed E-state index contributed by atoms with van der Waals surface area (Å²) >= 11 is 0. The van der Waals surface area contributed by atoms with E-state index >= 15 is 0 Å². The second-order valence-electron chi connectivity index (χ2n) is 9.97. The summed E-state index contributed by atoms with van der Waals surface area (Å²) in [6.45, 7) is 4.23. The molecule has 0 spiro atoms. The van der Waals surface area contributed by atoms with Crippen LogP contribution in [0.15, 0.2) is 77.2 Å². The van der Waals surface area contributed by atoms with Crippen LogP contribution >= 0.6 is 0 Å². The summed E-state index contributed by atoms with van der Waals surface area (Å²) in [5.41, 5.74) is 4.75. The lowest BCUT2D eigenvalue weighted by Crippen LogP contribution is -2.33. The fourth-order valence-corrected chi connectivity index (χ4v) is 6.14. The molecule has 1 amide bonds. The maximum absolute atomic E-state index is 13.6. The van der Waals surface area contributed by atoms with E-state index in [1.54, 1.807) is 6.07 Å². The molecule has 0 bridgehead atoms. The molecule has 5 aromatic rings. The van der Waals surface area contributed by atoms with Gasteiger partial charge in [-0.15, -0.1) is 0 Å². The molecule has 0 saturated heterocycles. The fraction of sp³-hybridized carbons (Fsp3) is 0.226. The number of rotatable bonds is 8. The Hall–Kier alpha value is -4.17. The van der Waals surface area contributed by atoms with Gasteiger partial charge in [0.1, 0.15) is 17.0 Å². The number of para-hydroxylation sites is 1. The number of furan rings is 1. The number of benzene rings is 3. The van der Waals surface area contributed by atoms with Crippen molar-refractivity contribution >= 4 is 37.8 Å². The lowest BCUT2D eigenvalue weighted by atomic mass is 10.0. The van der Waals surface area contributed by atoms with Crippen LogP contribution in [-0.4, -0.2) is 31.2 Å². The van der Waals surface area contributed by atoms with Crippen molar-refractivity contribution in [3.8, 4) is 17.2 Å². The number of hydrogen-bond acceptors (Lipinski definition) is 6. The molecule has 39 heavy (non-hydrogen) atoms. The van der Waals surface area contributed by atoms with E-state index in [1.165, 1.54) is 0 Å². The number of fused-ring (bicyclic) bond motifs is 2. The number of hydrogen-bond donors (Lipinski definition) is 1. The highest BCUT2D eigenvalue weighted by molar-refractivity contribution is 7.91. The van der Waals surface area contributed by atoms with Gasteiger partial charge in [-0.3, -0.25) is 4.79 Å². The first-order valence-electron chi connectivity index (χ1n) is 13.0. The topological polar surface area (TPSA) is 98.5 Å². The first kappa shape index (κ1) is 25.1. The van der Waals surface area contributed by atoms with Crippen molar-refractivity contribution in [2.24, 2.45) is 0 Å². The zero-order valence-corrected chi connectivity index (χ0v) is 22.5. The van der Waals surface area contributed by atoms with Crippen LogP contribution in [0.1, 0.15) is 39.9 Å². The Morgan fingerprint density at radius 2 is 1.77 bits per heavy atom. The van der Waals surface area contributed by atoms with Crippen LogP contribution in [0.3, 0.4) is 0 Å². The molecule has 7 nitrogen and oxygen atoms in total. The van der Waals surface area contributed by atoms with Crippen molar-refractivity contribution in [2.75, 3.05) is 6.61 Å². The maximum Gasteiger partial charge on any atom is 0.265 e. The lowest BCUT2D eigenvalue weighted by molar-refractivity contribution is 0.0982. The summed E-state index contributed by atoms with van der Waals surface area (Å²) in [4.78, 5) is 18.5. The van der Waals surface area contributed by atoms with Crippen molar-refractivity contribution in [1.82, 2.24) is 9.71 Å². The van der Waals surface area contributed by atoms with Crippen LogP contribution in [-0.2, 0) is 16.4 Å². The van der Waals surface area contributed by atoms with Crippen LogP contribution in [0.5, 0.6) is 5.75 Å². The molecule has 6 rings (SSSR count). The average molecular weight is 541 g/mol. The van der Waals surface area contributed by atoms with E-state index in [4.69, 9.17) is 14.1 Å². The number of sulfonamides is 1. The number of aromatic nitrogens is 1. The molecule has 2 heterocycles. The molecule has 198 valence electrons. The van der Waals surface area contributed by atoms with Gasteiger partial charge >= 0.3 is 0 Å². The van der Waals surface area contributed by atoms with Gasteiger partial charge in [0.25, 0.3) is 5.91 Å². The van der Waals surface area contributed by atoms with E-state index in [0.29, 0.717) is 59.6 Å². The third-order valence-electron chi connectivity index (χ3n) is 7.13. The number of nitrogens with zero attached hydrogens (tertiary/aromatic N) is 1. The first-order chi connectivity index (χ1) is 18.8. The third-order valence-corrected chi connectivity index (χ3v) is 8.95. The Morgan fingerprint density at radius 3 is 2.51 bits per heavy atom. The van der Waals surface area contributed by atoms with Crippen molar-refractivity contribution in [3.63, 3.8) is 0 Å². The Bertz CT molecular complexity index is 1820. The van der Waals surface area contributed by atoms with E-state index < -0.39 is 21.2 Å². The molecule has 1 saturated carbocycles. The van der Waals surface area contributed by atoms with Crippen LogP contribution in [0.2, 0.25) is 0 Å². The van der Waals surface area contributed by atoms with Gasteiger partial charge in [-0.1, -0.05) is 54.6 Å². The summed E-state index contributed by atoms with van der Waals surface area (Å²) in [6.07, 6.45) is 1.78. The average Bonchev–Trinajstić information content (AvgIpc) is 3.75. The van der Waals surface area contributed by atoms with E-state index in [0.717, 1.165) is 22.1 Å². The van der Waals surface area contributed by atoms with Gasteiger partial charge in [0.05, 0.1) is 28.3 Å². The quantitative estimate of drug-likeness (QED) is 0.255. The van der Waals surface area contributed by atoms with Crippen LogP contribution in [0, 0.1) is 13.8 Å². The number of carbonyl (C=O) groups excluding carboxylic acids is 1. The summed E-state index contributed by atoms with van der Waals surface area (Å²) in [7, 11) is -3.77. The van der Waals surface area contributed by atoms with E-state index in [1.807, 2.05) is 80.6 Å². The van der Waals surface area contributed by atoms with E-state index in [-0.39, 0.29) is 5.56 Å². The predicted octanol–water partition coefficient (Wildman–Crippen LogP) is 6.11. The molecule has 1 aliphatic carbocycles. The van der Waals surface area contributed by atoms with E-state index in [2.05, 4.69) is 4.72 Å². The SMILES string of the molecule is Cc1c(-c2cc(C(=O)NS(=O)(=O)C3CC3)c3c(OCCc4ccccc4)ccc(C)c3n2)oc2ccccc12. The molecule has 0 radical (unpaired) electrons. The monoisotopic (exact) mass is 540 g/mol. The zero-order chi connectivity index (χ0) is 27.1. The Labute approximate surface area is 226 Å². The molecule has 0 atom stereocenters. The van der Waals surface area contributed by atoms with Gasteiger partial charge < -0.3 is 9.15 Å². The third kappa shape index (κ3) is 4.88. The molecule has 0 unspecified atom stereocenters. The van der Waals surface area contributed by atoms with Gasteiger partial charge in [-0.2, -0.15) is 0 Å². The molecule has 2 aromatic heterocycles. The minimum absolute atomic E-state index is 0.178. The first-order valence-corrected chi connectivity index (χ1v) is 14.5. The predicted molar refractivity (Wildman–Crippen MR) is 151 cm³/mol. The second kappa shape index (κ2) is 9.85. The van der Waals surface area contributed by atoms with Crippen LogP contribution in [0.25, 0.3) is 33.3 Å². The Morgan fingerprint density at radius 1 is 1.03 bits per heavy atom. The second-order valence-corrected chi connectivity index (χ2v) is 11.9. The number of aryl methyl sites for hydroxylation is 2. The highest BCUT2D eigenvalue weighted by Gasteiger charge is 2.37. The number of ether oxygens (including phenoxy) is 1. The Balaban J connectivity index is 1.48. The molecule has 3 aromatic carbocycles. The molecule has 8 heteroatoms. The highest BCUT2D eigenvalue weighted by atomic mass is 32.2. The summed E-state index contributed by atoms with van der Waals surface area (Å²) in [5.74, 6) is 0.302. The van der Waals surface area contributed by atoms with Gasteiger partial charge in [-0.05, 0) is 56.0 Å². The fourth-order valence-electron chi connectivity index (χ4n) is 4.85. The molecule has 1 N–H and O–H groups in total. The maximum atomic E-state index is 13.6. The van der Waals surface area contributed by atoms with Crippen LogP contribution in [0.4, 0.5) is 0 Å². The number of amides is 1. The minimum Gasteiger partial charge on any atom is -0.493 e. The van der Waals surface area contributed by atoms with Crippen molar-refractivity contribution < 1.29 is 22.4 Å². The normalized spacial score (nSPS) is 13.6. The number of nitrogens with one attached hydrogen (secondary N) is 1. The van der Waals surface area contributed by atoms with E-state index in [9.17, 15) is 13.2 Å². The molecular weight excluding hydrogens is 512 g/mol. The summed E-state index contributed by atoms with van der Waals surface area (Å²) in [5, 5.41) is 0.894. The van der Waals surface area contributed by atoms with Gasteiger partial charge in [0.2, 0.25) is 10.0 Å². The largest absolute Gasteiger partial charge is 0.493 e. The summed E-state index contributed by atoms with van der Waals surface area (Å²) in [6, 6.07) is 23.0. The molecular formula is C31H28N2O5S. The standard InChI is InChI=1S/C31H28N2O5S/c1-19-12-15-27(37-17-16-21-8-4-3-5-9-21)28-24(31(34)33-39(35,36)22-13-14-22)18-25(32-29(19)28)30-20(2)23-10-6-7-11-26(23)38-30/h3-12,15,18,22H,13-14,16-17H2,1-2H3,(H,33,34). The molecule has 0 aliphatic heterocycles. The smallest absolute Gasteiger partial charge is 0.265 e. The molecule has 1 aliphatic rings. The summed E-state index contributed by atoms with van der Waals surface area (Å²) < 4.78 is 40.1. The Kier molecular flexibility index (Phi) is 6.35. The zero-order valence-electron chi connectivity index (χ0n) is 21.7. The van der Waals surface area contributed by atoms with Gasteiger partial charge in [0.15, 0.2) is 5.76 Å². The minimum atomic E-state index is -3.77.